The molecule has 6 nitrogen and oxygen atoms in total. The average molecular weight is 456 g/mol. The predicted molar refractivity (Wildman–Crippen MR) is 135 cm³/mol. The molecule has 0 unspecified atom stereocenters. The number of rotatable bonds is 15. The molecule has 0 aliphatic rings. The number of fused-ring (bicyclic) bond motifs is 2. The van der Waals surface area contributed by atoms with Gasteiger partial charge in [-0.2, -0.15) is 0 Å². The van der Waals surface area contributed by atoms with E-state index in [1.807, 2.05) is 0 Å². The molecular formula is C25H37N3O3Si. The van der Waals surface area contributed by atoms with Gasteiger partial charge in [0.1, 0.15) is 0 Å². The molecule has 0 spiro atoms. The van der Waals surface area contributed by atoms with Gasteiger partial charge in [-0.1, -0.05) is 48.5 Å². The lowest BCUT2D eigenvalue weighted by molar-refractivity contribution is 0.123. The summed E-state index contributed by atoms with van der Waals surface area (Å²) in [7, 11) is 2.55. The Hall–Kier alpha value is -1.84. The van der Waals surface area contributed by atoms with Gasteiger partial charge in [-0.3, -0.25) is 0 Å². The zero-order valence-electron chi connectivity index (χ0n) is 19.6. The van der Waals surface area contributed by atoms with Crippen LogP contribution in [0.15, 0.2) is 54.6 Å². The van der Waals surface area contributed by atoms with Gasteiger partial charge in [0.15, 0.2) is 0 Å². The topological polar surface area (TPSA) is 63.8 Å². The molecule has 0 saturated heterocycles. The van der Waals surface area contributed by atoms with E-state index in [-0.39, 0.29) is 0 Å². The maximum Gasteiger partial charge on any atom is 0.500 e. The molecule has 0 aliphatic carbocycles. The maximum atomic E-state index is 5.45. The van der Waals surface area contributed by atoms with Crippen LogP contribution in [0.4, 0.5) is 0 Å². The Morgan fingerprint density at radius 3 is 1.72 bits per heavy atom. The predicted octanol–water partition coefficient (Wildman–Crippen LogP) is 3.53. The molecule has 7 heteroatoms. The molecule has 0 saturated carbocycles. The minimum Gasteiger partial charge on any atom is -0.377 e. The molecule has 0 atom stereocenters. The van der Waals surface area contributed by atoms with Gasteiger partial charge in [-0.05, 0) is 46.1 Å². The van der Waals surface area contributed by atoms with Crippen molar-refractivity contribution in [3.05, 3.63) is 60.2 Å². The van der Waals surface area contributed by atoms with Gasteiger partial charge in [-0.25, -0.2) is 0 Å². The highest BCUT2D eigenvalue weighted by Gasteiger charge is 2.36. The number of hydrogen-bond donors (Lipinski definition) is 3. The fraction of sp³-hybridized carbons (Fsp3) is 0.440. The summed E-state index contributed by atoms with van der Waals surface area (Å²) in [5, 5.41) is 15.8. The molecule has 174 valence electrons. The van der Waals surface area contributed by atoms with Crippen LogP contribution in [-0.4, -0.2) is 62.9 Å². The zero-order valence-corrected chi connectivity index (χ0v) is 20.6. The standard InChI is InChI=1S/C25H37N3O3Si/c1-29-32(30-2,31-3)18-8-13-26-14-15-27-16-17-28-20-25-23-11-6-4-9-21(23)19-22-10-5-7-12-24(22)25/h4-7,9-12,19,26-28H,8,13-18,20H2,1-3H3. The van der Waals surface area contributed by atoms with E-state index in [0.717, 1.165) is 51.7 Å². The van der Waals surface area contributed by atoms with Crippen LogP contribution in [0.5, 0.6) is 0 Å². The van der Waals surface area contributed by atoms with Gasteiger partial charge in [0, 0.05) is 60.1 Å². The van der Waals surface area contributed by atoms with Crippen molar-refractivity contribution in [3.63, 3.8) is 0 Å². The lowest BCUT2D eigenvalue weighted by atomic mass is 9.97. The Morgan fingerprint density at radius 2 is 1.16 bits per heavy atom. The van der Waals surface area contributed by atoms with Gasteiger partial charge in [0.25, 0.3) is 0 Å². The molecule has 3 N–H and O–H groups in total. The molecular weight excluding hydrogens is 418 g/mol. The smallest absolute Gasteiger partial charge is 0.377 e. The Balaban J connectivity index is 1.34. The van der Waals surface area contributed by atoms with Crippen molar-refractivity contribution in [2.24, 2.45) is 0 Å². The molecule has 0 radical (unpaired) electrons. The maximum absolute atomic E-state index is 5.45. The Morgan fingerprint density at radius 1 is 0.656 bits per heavy atom. The molecule has 0 amide bonds. The third kappa shape index (κ3) is 6.58. The number of nitrogens with one attached hydrogen (secondary N) is 3. The van der Waals surface area contributed by atoms with E-state index in [9.17, 15) is 0 Å². The molecule has 0 aromatic heterocycles. The first-order valence-corrected chi connectivity index (χ1v) is 13.3. The van der Waals surface area contributed by atoms with Crippen molar-refractivity contribution >= 4 is 30.3 Å². The van der Waals surface area contributed by atoms with E-state index < -0.39 is 8.80 Å². The van der Waals surface area contributed by atoms with Crippen LogP contribution in [0.1, 0.15) is 12.0 Å². The van der Waals surface area contributed by atoms with Crippen molar-refractivity contribution in [2.45, 2.75) is 19.0 Å². The summed E-state index contributed by atoms with van der Waals surface area (Å²) in [5.41, 5.74) is 1.38. The largest absolute Gasteiger partial charge is 0.500 e. The minimum absolute atomic E-state index is 0.823. The highest BCUT2D eigenvalue weighted by Crippen LogP contribution is 2.28. The number of benzene rings is 3. The van der Waals surface area contributed by atoms with Gasteiger partial charge in [0.2, 0.25) is 0 Å². The second-order valence-corrected chi connectivity index (χ2v) is 11.0. The highest BCUT2D eigenvalue weighted by atomic mass is 28.4. The minimum atomic E-state index is -2.43. The summed E-state index contributed by atoms with van der Waals surface area (Å²) in [6.07, 6.45) is 0.974. The summed E-state index contributed by atoms with van der Waals surface area (Å²) in [6.45, 7) is 5.55. The summed E-state index contributed by atoms with van der Waals surface area (Å²) in [6, 6.07) is 20.4. The van der Waals surface area contributed by atoms with Crippen LogP contribution in [-0.2, 0) is 19.8 Å². The van der Waals surface area contributed by atoms with E-state index in [1.54, 1.807) is 21.3 Å². The molecule has 0 aliphatic heterocycles. The fourth-order valence-electron chi connectivity index (χ4n) is 4.10. The van der Waals surface area contributed by atoms with Crippen molar-refractivity contribution in [1.29, 1.82) is 0 Å². The van der Waals surface area contributed by atoms with Crippen molar-refractivity contribution in [3.8, 4) is 0 Å². The summed E-state index contributed by atoms with van der Waals surface area (Å²) in [4.78, 5) is 0. The van der Waals surface area contributed by atoms with Crippen LogP contribution < -0.4 is 16.0 Å². The second kappa shape index (κ2) is 13.0. The van der Waals surface area contributed by atoms with Crippen LogP contribution in [0.3, 0.4) is 0 Å². The van der Waals surface area contributed by atoms with E-state index in [0.29, 0.717) is 0 Å². The molecule has 0 fully saturated rings. The Labute approximate surface area is 193 Å². The van der Waals surface area contributed by atoms with E-state index in [4.69, 9.17) is 13.3 Å². The average Bonchev–Trinajstić information content (AvgIpc) is 2.84. The summed E-state index contributed by atoms with van der Waals surface area (Å²) < 4.78 is 16.3. The van der Waals surface area contributed by atoms with Gasteiger partial charge in [0.05, 0.1) is 0 Å². The quantitative estimate of drug-likeness (QED) is 0.185. The lowest BCUT2D eigenvalue weighted by Gasteiger charge is -2.24. The van der Waals surface area contributed by atoms with E-state index >= 15 is 0 Å². The van der Waals surface area contributed by atoms with Crippen molar-refractivity contribution in [1.82, 2.24) is 16.0 Å². The molecule has 3 aromatic carbocycles. The highest BCUT2D eigenvalue weighted by molar-refractivity contribution is 6.60. The van der Waals surface area contributed by atoms with Crippen molar-refractivity contribution < 1.29 is 13.3 Å². The monoisotopic (exact) mass is 455 g/mol. The second-order valence-electron chi connectivity index (χ2n) is 7.87. The van der Waals surface area contributed by atoms with Gasteiger partial charge in [-0.15, -0.1) is 0 Å². The third-order valence-corrected chi connectivity index (χ3v) is 8.74. The summed E-state index contributed by atoms with van der Waals surface area (Å²) >= 11 is 0. The molecule has 32 heavy (non-hydrogen) atoms. The lowest BCUT2D eigenvalue weighted by Crippen LogP contribution is -2.43. The molecule has 0 heterocycles. The third-order valence-electron chi connectivity index (χ3n) is 5.91. The molecule has 3 rings (SSSR count). The first-order chi connectivity index (χ1) is 15.7. The molecule has 3 aromatic rings. The Bertz CT molecular complexity index is 903. The normalized spacial score (nSPS) is 12.1. The van der Waals surface area contributed by atoms with Crippen LogP contribution >= 0.6 is 0 Å². The SMILES string of the molecule is CO[Si](CCCNCCNCCNCc1c2ccccc2cc2ccccc12)(OC)OC. The zero-order chi connectivity index (χ0) is 22.7. The summed E-state index contributed by atoms with van der Waals surface area (Å²) in [5.74, 6) is 0. The van der Waals surface area contributed by atoms with Gasteiger partial charge < -0.3 is 29.2 Å². The first kappa shape index (κ1) is 24.8. The van der Waals surface area contributed by atoms with Crippen LogP contribution in [0, 0.1) is 0 Å². The van der Waals surface area contributed by atoms with E-state index in [1.165, 1.54) is 27.1 Å². The molecule has 0 bridgehead atoms. The first-order valence-electron chi connectivity index (χ1n) is 11.4. The van der Waals surface area contributed by atoms with Gasteiger partial charge >= 0.3 is 8.80 Å². The van der Waals surface area contributed by atoms with Crippen LogP contribution in [0.2, 0.25) is 6.04 Å². The van der Waals surface area contributed by atoms with Crippen LogP contribution in [0.25, 0.3) is 21.5 Å². The fourth-order valence-corrected chi connectivity index (χ4v) is 5.82. The van der Waals surface area contributed by atoms with E-state index in [2.05, 4.69) is 70.5 Å². The van der Waals surface area contributed by atoms with Crippen molar-refractivity contribution in [2.75, 3.05) is 54.1 Å². The number of hydrogen-bond acceptors (Lipinski definition) is 6. The Kier molecular flexibility index (Phi) is 10.1.